The zero-order valence-electron chi connectivity index (χ0n) is 16.9. The van der Waals surface area contributed by atoms with Crippen molar-refractivity contribution in [1.82, 2.24) is 4.90 Å². The molecule has 3 atom stereocenters. The van der Waals surface area contributed by atoms with Crippen LogP contribution >= 0.6 is 0 Å². The normalized spacial score (nSPS) is 23.9. The number of aliphatic hydroxyl groups is 1. The molecule has 9 heteroatoms. The van der Waals surface area contributed by atoms with Gasteiger partial charge in [0, 0.05) is 6.54 Å². The number of hydrogen-bond acceptors (Lipinski definition) is 4. The molecule has 1 rings (SSSR count). The number of carbonyl (C=O) groups excluding carboxylic acids is 1. The van der Waals surface area contributed by atoms with E-state index in [0.29, 0.717) is 0 Å². The number of halogens is 3. The molecule has 0 bridgehead atoms. The highest BCUT2D eigenvalue weighted by Gasteiger charge is 2.55. The van der Waals surface area contributed by atoms with E-state index < -0.39 is 44.4 Å². The quantitative estimate of drug-likeness (QED) is 0.719. The highest BCUT2D eigenvalue weighted by Crippen LogP contribution is 2.41. The van der Waals surface area contributed by atoms with Crippen molar-refractivity contribution >= 4 is 14.4 Å². The molecule has 154 valence electrons. The Labute approximate surface area is 155 Å². The first kappa shape index (κ1) is 23.2. The van der Waals surface area contributed by atoms with Crippen LogP contribution in [0.4, 0.5) is 18.0 Å². The molecule has 0 aromatic carbocycles. The van der Waals surface area contributed by atoms with Gasteiger partial charge < -0.3 is 14.3 Å². The van der Waals surface area contributed by atoms with Gasteiger partial charge in [0.1, 0.15) is 5.60 Å². The van der Waals surface area contributed by atoms with Crippen LogP contribution in [0.1, 0.15) is 48.0 Å². The molecule has 1 aliphatic heterocycles. The van der Waals surface area contributed by atoms with Gasteiger partial charge in [-0.3, -0.25) is 4.90 Å². The topological polar surface area (TPSA) is 59.0 Å². The molecule has 0 aliphatic carbocycles. The van der Waals surface area contributed by atoms with Gasteiger partial charge in [0.2, 0.25) is 0 Å². The average molecular weight is 400 g/mol. The second-order valence-electron chi connectivity index (χ2n) is 9.36. The van der Waals surface area contributed by atoms with Gasteiger partial charge >= 0.3 is 12.3 Å². The van der Waals surface area contributed by atoms with E-state index in [0.717, 1.165) is 4.90 Å². The van der Waals surface area contributed by atoms with Crippen molar-refractivity contribution in [3.8, 4) is 0 Å². The highest BCUT2D eigenvalue weighted by molar-refractivity contribution is 6.74. The Morgan fingerprint density at radius 1 is 1.15 bits per heavy atom. The van der Waals surface area contributed by atoms with Crippen LogP contribution in [0.2, 0.25) is 18.1 Å². The van der Waals surface area contributed by atoms with Crippen LogP contribution in [0.5, 0.6) is 0 Å². The maximum atomic E-state index is 13.2. The molecular weight excluding hydrogens is 367 g/mol. The largest absolute Gasteiger partial charge is 0.444 e. The zero-order chi connectivity index (χ0) is 20.7. The SMILES string of the molecule is CC(C)(C)OC(=O)N1CCC(O[Si](C)(C)C(C)(C)C)C1C(O)C(F)(F)F. The first-order chi connectivity index (χ1) is 11.4. The number of likely N-dealkylation sites (tertiary alicyclic amines) is 1. The highest BCUT2D eigenvalue weighted by atomic mass is 28.4. The molecule has 1 heterocycles. The van der Waals surface area contributed by atoms with Gasteiger partial charge in [0.25, 0.3) is 0 Å². The third kappa shape index (κ3) is 5.59. The number of hydrogen-bond donors (Lipinski definition) is 1. The molecule has 1 aliphatic rings. The van der Waals surface area contributed by atoms with Crippen molar-refractivity contribution < 1.29 is 32.2 Å². The molecule has 3 unspecified atom stereocenters. The van der Waals surface area contributed by atoms with Gasteiger partial charge in [-0.15, -0.1) is 0 Å². The molecule has 0 saturated carbocycles. The van der Waals surface area contributed by atoms with Gasteiger partial charge in [-0.05, 0) is 45.3 Å². The van der Waals surface area contributed by atoms with Gasteiger partial charge in [-0.2, -0.15) is 13.2 Å². The number of carbonyl (C=O) groups is 1. The number of alkyl halides is 3. The smallest absolute Gasteiger partial charge is 0.416 e. The first-order valence-corrected chi connectivity index (χ1v) is 11.7. The summed E-state index contributed by atoms with van der Waals surface area (Å²) in [7, 11) is -2.39. The van der Waals surface area contributed by atoms with Gasteiger partial charge in [-0.25, -0.2) is 4.79 Å². The lowest BCUT2D eigenvalue weighted by molar-refractivity contribution is -0.223. The molecule has 26 heavy (non-hydrogen) atoms. The third-order valence-electron chi connectivity index (χ3n) is 4.93. The minimum absolute atomic E-state index is 0.0476. The molecule has 0 aromatic rings. The fraction of sp³-hybridized carbons (Fsp3) is 0.941. The fourth-order valence-electron chi connectivity index (χ4n) is 2.57. The van der Waals surface area contributed by atoms with E-state index in [4.69, 9.17) is 9.16 Å². The molecule has 0 radical (unpaired) electrons. The van der Waals surface area contributed by atoms with E-state index in [-0.39, 0.29) is 18.0 Å². The van der Waals surface area contributed by atoms with E-state index in [2.05, 4.69) is 0 Å². The van der Waals surface area contributed by atoms with Gasteiger partial charge in [0.15, 0.2) is 14.4 Å². The van der Waals surface area contributed by atoms with E-state index in [1.54, 1.807) is 20.8 Å². The summed E-state index contributed by atoms with van der Waals surface area (Å²) >= 11 is 0. The summed E-state index contributed by atoms with van der Waals surface area (Å²) in [6.45, 7) is 14.8. The molecule has 0 spiro atoms. The van der Waals surface area contributed by atoms with Crippen molar-refractivity contribution in [2.75, 3.05) is 6.54 Å². The first-order valence-electron chi connectivity index (χ1n) is 8.79. The Morgan fingerprint density at radius 2 is 1.65 bits per heavy atom. The number of nitrogens with zero attached hydrogens (tertiary/aromatic N) is 1. The molecule has 1 fully saturated rings. The van der Waals surface area contributed by atoms with Crippen LogP contribution in [0.3, 0.4) is 0 Å². The standard InChI is InChI=1S/C17H32F3NO4Si/c1-15(2,3)24-14(23)21-10-9-11(12(21)13(22)17(18,19)20)25-26(7,8)16(4,5)6/h11-13,22H,9-10H2,1-8H3. The predicted octanol–water partition coefficient (Wildman–Crippen LogP) is 4.31. The maximum Gasteiger partial charge on any atom is 0.416 e. The molecule has 5 nitrogen and oxygen atoms in total. The number of rotatable bonds is 3. The van der Waals surface area contributed by atoms with Gasteiger partial charge in [-0.1, -0.05) is 20.8 Å². The van der Waals surface area contributed by atoms with Crippen molar-refractivity contribution in [2.45, 2.75) is 96.1 Å². The predicted molar refractivity (Wildman–Crippen MR) is 95.5 cm³/mol. The summed E-state index contributed by atoms with van der Waals surface area (Å²) in [6.07, 6.45) is -9.08. The second kappa shape index (κ2) is 7.31. The van der Waals surface area contributed by atoms with Crippen molar-refractivity contribution in [3.63, 3.8) is 0 Å². The van der Waals surface area contributed by atoms with Crippen LogP contribution in [0.25, 0.3) is 0 Å². The lowest BCUT2D eigenvalue weighted by Crippen LogP contribution is -2.56. The third-order valence-corrected chi connectivity index (χ3v) is 9.44. The van der Waals surface area contributed by atoms with Crippen LogP contribution in [0.15, 0.2) is 0 Å². The van der Waals surface area contributed by atoms with E-state index in [1.165, 1.54) is 0 Å². The molecular formula is C17H32F3NO4Si. The van der Waals surface area contributed by atoms with Crippen molar-refractivity contribution in [1.29, 1.82) is 0 Å². The number of ether oxygens (including phenoxy) is 1. The van der Waals surface area contributed by atoms with Crippen LogP contribution in [0, 0.1) is 0 Å². The van der Waals surface area contributed by atoms with Crippen LogP contribution in [-0.2, 0) is 9.16 Å². The lowest BCUT2D eigenvalue weighted by Gasteiger charge is -2.41. The Balaban J connectivity index is 3.14. The zero-order valence-corrected chi connectivity index (χ0v) is 17.9. The Hall–Kier alpha value is -0.803. The van der Waals surface area contributed by atoms with E-state index >= 15 is 0 Å². The number of aliphatic hydroxyl groups excluding tert-OH is 1. The molecule has 1 N–H and O–H groups in total. The summed E-state index contributed by atoms with van der Waals surface area (Å²) in [6, 6.07) is -1.51. The van der Waals surface area contributed by atoms with Crippen LogP contribution < -0.4 is 0 Å². The minimum Gasteiger partial charge on any atom is -0.444 e. The summed E-state index contributed by atoms with van der Waals surface area (Å²) in [5, 5.41) is 9.73. The fourth-order valence-corrected chi connectivity index (χ4v) is 3.94. The summed E-state index contributed by atoms with van der Waals surface area (Å²) in [5.41, 5.74) is -0.844. The van der Waals surface area contributed by atoms with E-state index in [1.807, 2.05) is 33.9 Å². The van der Waals surface area contributed by atoms with Gasteiger partial charge in [0.05, 0.1) is 12.1 Å². The second-order valence-corrected chi connectivity index (χ2v) is 14.1. The maximum absolute atomic E-state index is 13.2. The van der Waals surface area contributed by atoms with E-state index in [9.17, 15) is 23.1 Å². The number of amides is 1. The minimum atomic E-state index is -4.86. The lowest BCUT2D eigenvalue weighted by atomic mass is 10.1. The molecule has 1 amide bonds. The Bertz CT molecular complexity index is 512. The molecule has 1 saturated heterocycles. The van der Waals surface area contributed by atoms with Crippen molar-refractivity contribution in [3.05, 3.63) is 0 Å². The Morgan fingerprint density at radius 3 is 2.04 bits per heavy atom. The van der Waals surface area contributed by atoms with Crippen molar-refractivity contribution in [2.24, 2.45) is 0 Å². The summed E-state index contributed by atoms with van der Waals surface area (Å²) < 4.78 is 51.1. The summed E-state index contributed by atoms with van der Waals surface area (Å²) in [5.74, 6) is 0. The monoisotopic (exact) mass is 399 g/mol. The average Bonchev–Trinajstić information content (AvgIpc) is 2.76. The summed E-state index contributed by atoms with van der Waals surface area (Å²) in [4.78, 5) is 13.4. The van der Waals surface area contributed by atoms with Crippen LogP contribution in [-0.4, -0.2) is 61.0 Å². The Kier molecular flexibility index (Phi) is 6.54. The molecule has 0 aromatic heterocycles.